The van der Waals surface area contributed by atoms with E-state index in [0.717, 1.165) is 32.5 Å². The standard InChI is InChI=1S/C10H19NO2/c1-3-4-7-13-10-8-11-6-5-9(10)12-2/h3,9-11H,1,4-8H2,2H3. The van der Waals surface area contributed by atoms with Gasteiger partial charge in [-0.2, -0.15) is 0 Å². The highest BCUT2D eigenvalue weighted by Crippen LogP contribution is 2.11. The Labute approximate surface area is 80.1 Å². The lowest BCUT2D eigenvalue weighted by molar-refractivity contribution is -0.0678. The molecule has 1 aliphatic rings. The molecule has 0 aromatic carbocycles. The summed E-state index contributed by atoms with van der Waals surface area (Å²) in [5, 5.41) is 3.30. The molecule has 1 aliphatic heterocycles. The molecule has 0 aromatic rings. The molecule has 1 fully saturated rings. The van der Waals surface area contributed by atoms with Crippen LogP contribution in [0.2, 0.25) is 0 Å². The zero-order chi connectivity index (χ0) is 9.52. The number of nitrogens with one attached hydrogen (secondary N) is 1. The molecule has 0 spiro atoms. The molecule has 0 aliphatic carbocycles. The van der Waals surface area contributed by atoms with Crippen LogP contribution in [0.1, 0.15) is 12.8 Å². The molecule has 0 amide bonds. The van der Waals surface area contributed by atoms with Gasteiger partial charge in [0.15, 0.2) is 0 Å². The van der Waals surface area contributed by atoms with Crippen LogP contribution in [0.3, 0.4) is 0 Å². The molecule has 1 rings (SSSR count). The Bertz CT molecular complexity index is 150. The highest BCUT2D eigenvalue weighted by atomic mass is 16.5. The second-order valence-corrected chi connectivity index (χ2v) is 3.25. The summed E-state index contributed by atoms with van der Waals surface area (Å²) < 4.78 is 11.0. The van der Waals surface area contributed by atoms with Gasteiger partial charge in [0.1, 0.15) is 0 Å². The topological polar surface area (TPSA) is 30.5 Å². The van der Waals surface area contributed by atoms with Crippen LogP contribution in [0.15, 0.2) is 12.7 Å². The highest BCUT2D eigenvalue weighted by Gasteiger charge is 2.24. The Morgan fingerprint density at radius 1 is 1.54 bits per heavy atom. The van der Waals surface area contributed by atoms with Gasteiger partial charge in [0.2, 0.25) is 0 Å². The second-order valence-electron chi connectivity index (χ2n) is 3.25. The first kappa shape index (κ1) is 10.7. The molecular weight excluding hydrogens is 166 g/mol. The van der Waals surface area contributed by atoms with Crippen LogP contribution in [-0.4, -0.2) is 39.0 Å². The lowest BCUT2D eigenvalue weighted by Gasteiger charge is -2.30. The Morgan fingerprint density at radius 3 is 3.08 bits per heavy atom. The van der Waals surface area contributed by atoms with Crippen molar-refractivity contribution in [2.45, 2.75) is 25.0 Å². The Balaban J connectivity index is 2.23. The normalized spacial score (nSPS) is 28.7. The van der Waals surface area contributed by atoms with Gasteiger partial charge >= 0.3 is 0 Å². The summed E-state index contributed by atoms with van der Waals surface area (Å²) in [6, 6.07) is 0. The first-order valence-electron chi connectivity index (χ1n) is 4.84. The largest absolute Gasteiger partial charge is 0.379 e. The monoisotopic (exact) mass is 185 g/mol. The average Bonchev–Trinajstić information content (AvgIpc) is 2.19. The molecule has 13 heavy (non-hydrogen) atoms. The molecule has 0 saturated carbocycles. The SMILES string of the molecule is C=CCCOC1CNCCC1OC. The van der Waals surface area contributed by atoms with Crippen molar-refractivity contribution in [1.82, 2.24) is 5.32 Å². The van der Waals surface area contributed by atoms with Crippen LogP contribution in [0, 0.1) is 0 Å². The maximum Gasteiger partial charge on any atom is 0.0961 e. The zero-order valence-electron chi connectivity index (χ0n) is 8.29. The molecule has 0 bridgehead atoms. The summed E-state index contributed by atoms with van der Waals surface area (Å²) in [4.78, 5) is 0. The minimum absolute atomic E-state index is 0.207. The average molecular weight is 185 g/mol. The lowest BCUT2D eigenvalue weighted by atomic mass is 10.1. The van der Waals surface area contributed by atoms with Gasteiger partial charge in [0, 0.05) is 13.7 Å². The van der Waals surface area contributed by atoms with Crippen LogP contribution in [0.4, 0.5) is 0 Å². The van der Waals surface area contributed by atoms with Crippen molar-refractivity contribution < 1.29 is 9.47 Å². The molecule has 1 saturated heterocycles. The number of ether oxygens (including phenoxy) is 2. The predicted octanol–water partition coefficient (Wildman–Crippen LogP) is 0.956. The zero-order valence-corrected chi connectivity index (χ0v) is 8.29. The van der Waals surface area contributed by atoms with Crippen molar-refractivity contribution in [3.8, 4) is 0 Å². The van der Waals surface area contributed by atoms with E-state index in [4.69, 9.17) is 9.47 Å². The molecule has 0 radical (unpaired) electrons. The Kier molecular flexibility index (Phi) is 5.05. The fraction of sp³-hybridized carbons (Fsp3) is 0.800. The van der Waals surface area contributed by atoms with Crippen molar-refractivity contribution in [3.05, 3.63) is 12.7 Å². The van der Waals surface area contributed by atoms with Crippen molar-refractivity contribution in [3.63, 3.8) is 0 Å². The summed E-state index contributed by atoms with van der Waals surface area (Å²) in [6.45, 7) is 6.33. The van der Waals surface area contributed by atoms with Crippen LogP contribution in [0.5, 0.6) is 0 Å². The van der Waals surface area contributed by atoms with Gasteiger partial charge in [0.05, 0.1) is 18.8 Å². The fourth-order valence-corrected chi connectivity index (χ4v) is 1.54. The van der Waals surface area contributed by atoms with Crippen LogP contribution >= 0.6 is 0 Å². The summed E-state index contributed by atoms with van der Waals surface area (Å²) in [6.07, 6.45) is 4.28. The first-order chi connectivity index (χ1) is 6.38. The number of methoxy groups -OCH3 is 1. The van der Waals surface area contributed by atoms with Crippen molar-refractivity contribution in [2.24, 2.45) is 0 Å². The molecular formula is C10H19NO2. The van der Waals surface area contributed by atoms with Crippen LogP contribution in [0.25, 0.3) is 0 Å². The van der Waals surface area contributed by atoms with Gasteiger partial charge in [0.25, 0.3) is 0 Å². The van der Waals surface area contributed by atoms with Gasteiger partial charge in [-0.1, -0.05) is 6.08 Å². The summed E-state index contributed by atoms with van der Waals surface area (Å²) in [5.41, 5.74) is 0. The minimum atomic E-state index is 0.207. The third kappa shape index (κ3) is 3.46. The molecule has 0 aromatic heterocycles. The van der Waals surface area contributed by atoms with E-state index in [1.807, 2.05) is 6.08 Å². The molecule has 2 unspecified atom stereocenters. The summed E-state index contributed by atoms with van der Waals surface area (Å²) in [7, 11) is 1.75. The minimum Gasteiger partial charge on any atom is -0.379 e. The highest BCUT2D eigenvalue weighted by molar-refractivity contribution is 4.79. The van der Waals surface area contributed by atoms with E-state index in [-0.39, 0.29) is 12.2 Å². The molecule has 76 valence electrons. The third-order valence-electron chi connectivity index (χ3n) is 2.32. The van der Waals surface area contributed by atoms with Gasteiger partial charge in [-0.15, -0.1) is 6.58 Å². The summed E-state index contributed by atoms with van der Waals surface area (Å²) >= 11 is 0. The van der Waals surface area contributed by atoms with Crippen molar-refractivity contribution in [1.29, 1.82) is 0 Å². The molecule has 3 nitrogen and oxygen atoms in total. The predicted molar refractivity (Wildman–Crippen MR) is 52.8 cm³/mol. The maximum atomic E-state index is 5.67. The maximum absolute atomic E-state index is 5.67. The Hall–Kier alpha value is -0.380. The van der Waals surface area contributed by atoms with Crippen LogP contribution in [-0.2, 0) is 9.47 Å². The van der Waals surface area contributed by atoms with E-state index in [0.29, 0.717) is 0 Å². The number of piperidine rings is 1. The van der Waals surface area contributed by atoms with Gasteiger partial charge < -0.3 is 14.8 Å². The van der Waals surface area contributed by atoms with E-state index in [1.54, 1.807) is 7.11 Å². The molecule has 2 atom stereocenters. The Morgan fingerprint density at radius 2 is 2.38 bits per heavy atom. The van der Waals surface area contributed by atoms with Gasteiger partial charge in [-0.25, -0.2) is 0 Å². The van der Waals surface area contributed by atoms with E-state index in [2.05, 4.69) is 11.9 Å². The number of hydrogen-bond acceptors (Lipinski definition) is 3. The smallest absolute Gasteiger partial charge is 0.0961 e. The van der Waals surface area contributed by atoms with Gasteiger partial charge in [-0.05, 0) is 19.4 Å². The van der Waals surface area contributed by atoms with Crippen LogP contribution < -0.4 is 5.32 Å². The van der Waals surface area contributed by atoms with Gasteiger partial charge in [-0.3, -0.25) is 0 Å². The quantitative estimate of drug-likeness (QED) is 0.511. The number of rotatable bonds is 5. The lowest BCUT2D eigenvalue weighted by Crippen LogP contribution is -2.46. The van der Waals surface area contributed by atoms with E-state index in [9.17, 15) is 0 Å². The second kappa shape index (κ2) is 6.13. The van der Waals surface area contributed by atoms with E-state index >= 15 is 0 Å². The van der Waals surface area contributed by atoms with E-state index < -0.39 is 0 Å². The first-order valence-corrected chi connectivity index (χ1v) is 4.84. The van der Waals surface area contributed by atoms with Crippen molar-refractivity contribution in [2.75, 3.05) is 26.8 Å². The molecule has 1 heterocycles. The fourth-order valence-electron chi connectivity index (χ4n) is 1.54. The molecule has 3 heteroatoms. The van der Waals surface area contributed by atoms with Crippen molar-refractivity contribution >= 4 is 0 Å². The third-order valence-corrected chi connectivity index (χ3v) is 2.32. The summed E-state index contributed by atoms with van der Waals surface area (Å²) in [5.74, 6) is 0. The van der Waals surface area contributed by atoms with E-state index in [1.165, 1.54) is 0 Å². The molecule has 1 N–H and O–H groups in total. The number of hydrogen-bond donors (Lipinski definition) is 1.